The minimum Gasteiger partial charge on any atom is -0.294 e. The molecule has 18 heavy (non-hydrogen) atoms. The number of ketones is 1. The number of Topliss-reactive ketones (excluding diaryl/α,β-unsaturated/α-hetero) is 1. The van der Waals surface area contributed by atoms with Crippen LogP contribution in [0.15, 0.2) is 12.1 Å². The predicted molar refractivity (Wildman–Crippen MR) is 69.4 cm³/mol. The van der Waals surface area contributed by atoms with Crippen molar-refractivity contribution < 1.29 is 9.18 Å². The quantitative estimate of drug-likeness (QED) is 0.725. The molecule has 2 saturated carbocycles. The summed E-state index contributed by atoms with van der Waals surface area (Å²) in [4.78, 5) is 12.5. The van der Waals surface area contributed by atoms with Crippen LogP contribution in [0.1, 0.15) is 41.6 Å². The summed E-state index contributed by atoms with van der Waals surface area (Å²) in [6.45, 7) is 1.67. The van der Waals surface area contributed by atoms with Gasteiger partial charge in [-0.25, -0.2) is 4.39 Å². The molecule has 0 saturated heterocycles. The molecule has 96 valence electrons. The molecule has 3 unspecified atom stereocenters. The molecule has 0 aliphatic heterocycles. The SMILES string of the molecule is Cc1cc(C(=O)C2CC3CCC2C3)c(Cl)cc1F. The standard InChI is InChI=1S/C15H16ClFO/c1-8-4-12(13(16)7-14(8)17)15(18)11-6-9-2-3-10(11)5-9/h4,7,9-11H,2-3,5-6H2,1H3. The van der Waals surface area contributed by atoms with Gasteiger partial charge in [-0.3, -0.25) is 4.79 Å². The van der Waals surface area contributed by atoms with Crippen LogP contribution in [0.4, 0.5) is 4.39 Å². The third kappa shape index (κ3) is 1.87. The second-order valence-corrected chi connectivity index (χ2v) is 6.13. The van der Waals surface area contributed by atoms with Gasteiger partial charge in [0.15, 0.2) is 5.78 Å². The Bertz CT molecular complexity index is 511. The first-order valence-electron chi connectivity index (χ1n) is 6.56. The Balaban J connectivity index is 1.91. The maximum atomic E-state index is 13.4. The van der Waals surface area contributed by atoms with E-state index >= 15 is 0 Å². The minimum atomic E-state index is -0.343. The Hall–Kier alpha value is -0.890. The van der Waals surface area contributed by atoms with Gasteiger partial charge in [-0.05, 0) is 55.7 Å². The van der Waals surface area contributed by atoms with E-state index < -0.39 is 0 Å². The van der Waals surface area contributed by atoms with Crippen LogP contribution in [0.2, 0.25) is 5.02 Å². The van der Waals surface area contributed by atoms with E-state index in [4.69, 9.17) is 11.6 Å². The highest BCUT2D eigenvalue weighted by Crippen LogP contribution is 2.49. The molecule has 0 aromatic heterocycles. The van der Waals surface area contributed by atoms with Crippen molar-refractivity contribution in [2.75, 3.05) is 0 Å². The van der Waals surface area contributed by atoms with Gasteiger partial charge in [0.25, 0.3) is 0 Å². The first-order chi connectivity index (χ1) is 8.56. The molecular weight excluding hydrogens is 251 g/mol. The van der Waals surface area contributed by atoms with E-state index in [0.717, 1.165) is 12.3 Å². The zero-order valence-electron chi connectivity index (χ0n) is 10.4. The summed E-state index contributed by atoms with van der Waals surface area (Å²) in [6.07, 6.45) is 4.62. The predicted octanol–water partition coefficient (Wildman–Crippen LogP) is 4.41. The molecule has 1 aromatic carbocycles. The summed E-state index contributed by atoms with van der Waals surface area (Å²) in [5.74, 6) is 1.15. The van der Waals surface area contributed by atoms with Crippen molar-refractivity contribution in [3.05, 3.63) is 34.1 Å². The van der Waals surface area contributed by atoms with Gasteiger partial charge in [-0.1, -0.05) is 18.0 Å². The minimum absolute atomic E-state index is 0.117. The Morgan fingerprint density at radius 2 is 2.11 bits per heavy atom. The van der Waals surface area contributed by atoms with Crippen LogP contribution in [0.5, 0.6) is 0 Å². The third-order valence-electron chi connectivity index (χ3n) is 4.59. The van der Waals surface area contributed by atoms with Gasteiger partial charge in [0, 0.05) is 11.5 Å². The van der Waals surface area contributed by atoms with Crippen LogP contribution >= 0.6 is 11.6 Å². The monoisotopic (exact) mass is 266 g/mol. The number of halogens is 2. The molecule has 2 fully saturated rings. The molecule has 2 aliphatic carbocycles. The lowest BCUT2D eigenvalue weighted by Crippen LogP contribution is -2.21. The van der Waals surface area contributed by atoms with Gasteiger partial charge >= 0.3 is 0 Å². The maximum Gasteiger partial charge on any atom is 0.167 e. The topological polar surface area (TPSA) is 17.1 Å². The number of aryl methyl sites for hydroxylation is 1. The third-order valence-corrected chi connectivity index (χ3v) is 4.90. The number of carbonyl (C=O) groups is 1. The van der Waals surface area contributed by atoms with Crippen LogP contribution in [-0.4, -0.2) is 5.78 Å². The number of carbonyl (C=O) groups excluding carboxylic acids is 1. The van der Waals surface area contributed by atoms with Crippen molar-refractivity contribution in [2.45, 2.75) is 32.6 Å². The van der Waals surface area contributed by atoms with Gasteiger partial charge in [0.2, 0.25) is 0 Å². The van der Waals surface area contributed by atoms with Crippen LogP contribution in [0.25, 0.3) is 0 Å². The molecule has 3 atom stereocenters. The van der Waals surface area contributed by atoms with Gasteiger partial charge in [-0.2, -0.15) is 0 Å². The highest BCUT2D eigenvalue weighted by Gasteiger charge is 2.43. The zero-order chi connectivity index (χ0) is 12.9. The summed E-state index contributed by atoms with van der Waals surface area (Å²) in [6, 6.07) is 2.86. The zero-order valence-corrected chi connectivity index (χ0v) is 11.1. The fourth-order valence-electron chi connectivity index (χ4n) is 3.61. The molecule has 3 heteroatoms. The lowest BCUT2D eigenvalue weighted by molar-refractivity contribution is 0.0875. The highest BCUT2D eigenvalue weighted by molar-refractivity contribution is 6.34. The largest absolute Gasteiger partial charge is 0.294 e. The molecule has 0 radical (unpaired) electrons. The van der Waals surface area contributed by atoms with Crippen LogP contribution < -0.4 is 0 Å². The molecule has 2 bridgehead atoms. The Morgan fingerprint density at radius 1 is 1.33 bits per heavy atom. The molecule has 0 amide bonds. The molecule has 0 N–H and O–H groups in total. The number of fused-ring (bicyclic) bond motifs is 2. The molecular formula is C15H16ClFO. The molecule has 3 rings (SSSR count). The second kappa shape index (κ2) is 4.34. The van der Waals surface area contributed by atoms with E-state index in [1.165, 1.54) is 25.3 Å². The Morgan fingerprint density at radius 3 is 2.72 bits per heavy atom. The van der Waals surface area contributed by atoms with E-state index in [2.05, 4.69) is 0 Å². The van der Waals surface area contributed by atoms with Crippen molar-refractivity contribution in [3.8, 4) is 0 Å². The van der Waals surface area contributed by atoms with Crippen LogP contribution in [0, 0.1) is 30.5 Å². The average Bonchev–Trinajstić information content (AvgIpc) is 2.95. The van der Waals surface area contributed by atoms with E-state index in [1.54, 1.807) is 13.0 Å². The molecule has 2 aliphatic rings. The van der Waals surface area contributed by atoms with E-state index in [9.17, 15) is 9.18 Å². The molecule has 1 nitrogen and oxygen atoms in total. The summed E-state index contributed by atoms with van der Waals surface area (Å²) in [5, 5.41) is 0.255. The first kappa shape index (κ1) is 12.2. The van der Waals surface area contributed by atoms with Crippen molar-refractivity contribution in [1.82, 2.24) is 0 Å². The van der Waals surface area contributed by atoms with E-state index in [1.807, 2.05) is 0 Å². The number of hydrogen-bond acceptors (Lipinski definition) is 1. The molecule has 0 spiro atoms. The smallest absolute Gasteiger partial charge is 0.167 e. The van der Waals surface area contributed by atoms with Crippen LogP contribution in [-0.2, 0) is 0 Å². The fourth-order valence-corrected chi connectivity index (χ4v) is 3.86. The Labute approximate surface area is 111 Å². The first-order valence-corrected chi connectivity index (χ1v) is 6.94. The normalized spacial score (nSPS) is 29.8. The lowest BCUT2D eigenvalue weighted by atomic mass is 9.83. The van der Waals surface area contributed by atoms with E-state index in [0.29, 0.717) is 17.0 Å². The van der Waals surface area contributed by atoms with Crippen molar-refractivity contribution in [1.29, 1.82) is 0 Å². The average molecular weight is 267 g/mol. The fraction of sp³-hybridized carbons (Fsp3) is 0.533. The molecule has 1 aromatic rings. The molecule has 0 heterocycles. The van der Waals surface area contributed by atoms with Gasteiger partial charge in [0.1, 0.15) is 5.82 Å². The number of hydrogen-bond donors (Lipinski definition) is 0. The summed E-state index contributed by atoms with van der Waals surface area (Å²) in [7, 11) is 0. The Kier molecular flexibility index (Phi) is 2.93. The number of benzene rings is 1. The van der Waals surface area contributed by atoms with Gasteiger partial charge in [0.05, 0.1) is 5.02 Å². The maximum absolute atomic E-state index is 13.4. The lowest BCUT2D eigenvalue weighted by Gasteiger charge is -2.21. The summed E-state index contributed by atoms with van der Waals surface area (Å²) < 4.78 is 13.4. The van der Waals surface area contributed by atoms with Crippen molar-refractivity contribution in [3.63, 3.8) is 0 Å². The summed E-state index contributed by atoms with van der Waals surface area (Å²) >= 11 is 6.02. The van der Waals surface area contributed by atoms with Gasteiger partial charge in [-0.15, -0.1) is 0 Å². The highest BCUT2D eigenvalue weighted by atomic mass is 35.5. The van der Waals surface area contributed by atoms with Crippen molar-refractivity contribution >= 4 is 17.4 Å². The number of rotatable bonds is 2. The van der Waals surface area contributed by atoms with E-state index in [-0.39, 0.29) is 22.5 Å². The van der Waals surface area contributed by atoms with Crippen molar-refractivity contribution in [2.24, 2.45) is 17.8 Å². The summed E-state index contributed by atoms with van der Waals surface area (Å²) in [5.41, 5.74) is 0.999. The van der Waals surface area contributed by atoms with Crippen LogP contribution in [0.3, 0.4) is 0 Å². The van der Waals surface area contributed by atoms with Gasteiger partial charge < -0.3 is 0 Å². The second-order valence-electron chi connectivity index (χ2n) is 5.73.